The number of nitrogens with zero attached hydrogens (tertiary/aromatic N) is 2. The van der Waals surface area contributed by atoms with Gasteiger partial charge in [0, 0.05) is 6.20 Å². The van der Waals surface area contributed by atoms with Gasteiger partial charge >= 0.3 is 0 Å². The van der Waals surface area contributed by atoms with Gasteiger partial charge in [0.25, 0.3) is 6.43 Å². The van der Waals surface area contributed by atoms with E-state index in [0.29, 0.717) is 0 Å². The van der Waals surface area contributed by atoms with E-state index in [2.05, 4.69) is 4.98 Å². The second-order valence-electron chi connectivity index (χ2n) is 2.33. The standard InChI is InChI=1S/C8H5F3N2/c9-7-3-5(1-2-12)13-4-6(7)8(10)11/h3-4,8H,1H2. The molecular weight excluding hydrogens is 181 g/mol. The lowest BCUT2D eigenvalue weighted by atomic mass is 10.2. The zero-order chi connectivity index (χ0) is 9.84. The Kier molecular flexibility index (Phi) is 2.85. The average Bonchev–Trinajstić information content (AvgIpc) is 2.04. The lowest BCUT2D eigenvalue weighted by Gasteiger charge is -2.01. The number of nitriles is 1. The number of halogens is 3. The summed E-state index contributed by atoms with van der Waals surface area (Å²) >= 11 is 0. The number of hydrogen-bond acceptors (Lipinski definition) is 2. The Morgan fingerprint density at radius 3 is 2.69 bits per heavy atom. The molecule has 0 aliphatic heterocycles. The predicted octanol–water partition coefficient (Wildman–Crippen LogP) is 2.22. The van der Waals surface area contributed by atoms with Crippen LogP contribution in [0.1, 0.15) is 17.7 Å². The first-order valence-corrected chi connectivity index (χ1v) is 3.44. The first-order chi connectivity index (χ1) is 6.15. The van der Waals surface area contributed by atoms with Crippen molar-refractivity contribution in [2.75, 3.05) is 0 Å². The van der Waals surface area contributed by atoms with Gasteiger partial charge in [0.2, 0.25) is 0 Å². The number of rotatable bonds is 2. The summed E-state index contributed by atoms with van der Waals surface area (Å²) < 4.78 is 36.8. The number of pyridine rings is 1. The summed E-state index contributed by atoms with van der Waals surface area (Å²) in [5, 5.41) is 8.23. The Hall–Kier alpha value is -1.57. The molecule has 0 aliphatic rings. The van der Waals surface area contributed by atoms with Crippen LogP contribution in [0.3, 0.4) is 0 Å². The van der Waals surface area contributed by atoms with E-state index in [-0.39, 0.29) is 12.1 Å². The van der Waals surface area contributed by atoms with Crippen LogP contribution in [0.5, 0.6) is 0 Å². The summed E-state index contributed by atoms with van der Waals surface area (Å²) in [6.07, 6.45) is -2.20. The van der Waals surface area contributed by atoms with Gasteiger partial charge in [-0.3, -0.25) is 4.98 Å². The average molecular weight is 186 g/mol. The fourth-order valence-corrected chi connectivity index (χ4v) is 0.819. The van der Waals surface area contributed by atoms with E-state index >= 15 is 0 Å². The summed E-state index contributed by atoms with van der Waals surface area (Å²) in [6.45, 7) is 0. The maximum absolute atomic E-state index is 12.8. The van der Waals surface area contributed by atoms with Gasteiger partial charge in [-0.25, -0.2) is 13.2 Å². The van der Waals surface area contributed by atoms with Crippen molar-refractivity contribution in [1.29, 1.82) is 5.26 Å². The van der Waals surface area contributed by atoms with Crippen LogP contribution in [-0.2, 0) is 6.42 Å². The smallest absolute Gasteiger partial charge is 0.259 e. The van der Waals surface area contributed by atoms with Crippen LogP contribution < -0.4 is 0 Å². The van der Waals surface area contributed by atoms with E-state index in [1.165, 1.54) is 0 Å². The monoisotopic (exact) mass is 186 g/mol. The molecule has 1 aromatic heterocycles. The molecule has 0 aromatic carbocycles. The van der Waals surface area contributed by atoms with Gasteiger partial charge in [0.15, 0.2) is 0 Å². The molecule has 0 aliphatic carbocycles. The van der Waals surface area contributed by atoms with Gasteiger partial charge < -0.3 is 0 Å². The molecule has 0 saturated heterocycles. The van der Waals surface area contributed by atoms with E-state index in [4.69, 9.17) is 5.26 Å². The Bertz CT molecular complexity index is 344. The summed E-state index contributed by atoms with van der Waals surface area (Å²) in [4.78, 5) is 3.51. The molecule has 0 bridgehead atoms. The molecule has 0 saturated carbocycles. The molecule has 0 N–H and O–H groups in total. The van der Waals surface area contributed by atoms with Gasteiger partial charge in [-0.05, 0) is 6.07 Å². The van der Waals surface area contributed by atoms with Crippen LogP contribution in [0.25, 0.3) is 0 Å². The minimum atomic E-state index is -2.87. The molecule has 13 heavy (non-hydrogen) atoms. The molecule has 5 heteroatoms. The minimum Gasteiger partial charge on any atom is -0.259 e. The summed E-state index contributed by atoms with van der Waals surface area (Å²) in [6, 6.07) is 2.60. The van der Waals surface area contributed by atoms with Crippen LogP contribution in [0.2, 0.25) is 0 Å². The van der Waals surface area contributed by atoms with E-state index in [0.717, 1.165) is 12.3 Å². The zero-order valence-corrected chi connectivity index (χ0v) is 6.47. The van der Waals surface area contributed by atoms with Crippen molar-refractivity contribution in [2.24, 2.45) is 0 Å². The zero-order valence-electron chi connectivity index (χ0n) is 6.47. The summed E-state index contributed by atoms with van der Waals surface area (Å²) in [5.41, 5.74) is -0.578. The Balaban J connectivity index is 3.00. The van der Waals surface area contributed by atoms with Crippen LogP contribution >= 0.6 is 0 Å². The fraction of sp³-hybridized carbons (Fsp3) is 0.250. The topological polar surface area (TPSA) is 36.7 Å². The molecular formula is C8H5F3N2. The first-order valence-electron chi connectivity index (χ1n) is 3.44. The quantitative estimate of drug-likeness (QED) is 0.710. The third-order valence-electron chi connectivity index (χ3n) is 1.43. The highest BCUT2D eigenvalue weighted by atomic mass is 19.3. The van der Waals surface area contributed by atoms with Crippen LogP contribution in [0, 0.1) is 17.1 Å². The van der Waals surface area contributed by atoms with Crippen LogP contribution in [-0.4, -0.2) is 4.98 Å². The fourth-order valence-electron chi connectivity index (χ4n) is 0.819. The maximum atomic E-state index is 12.8. The van der Waals surface area contributed by atoms with Gasteiger partial charge in [-0.1, -0.05) is 0 Å². The lowest BCUT2D eigenvalue weighted by Crippen LogP contribution is -1.96. The number of aromatic nitrogens is 1. The highest BCUT2D eigenvalue weighted by Gasteiger charge is 2.13. The molecule has 1 rings (SSSR count). The normalized spacial score (nSPS) is 10.1. The van der Waals surface area contributed by atoms with Gasteiger partial charge in [0.05, 0.1) is 23.7 Å². The van der Waals surface area contributed by atoms with Crippen molar-refractivity contribution in [2.45, 2.75) is 12.8 Å². The SMILES string of the molecule is N#CCc1cc(F)c(C(F)F)cn1. The molecule has 0 fully saturated rings. The van der Waals surface area contributed by atoms with E-state index in [9.17, 15) is 13.2 Å². The van der Waals surface area contributed by atoms with Gasteiger partial charge in [0.1, 0.15) is 5.82 Å². The minimum absolute atomic E-state index is 0.0829. The summed E-state index contributed by atoms with van der Waals surface area (Å²) in [7, 11) is 0. The highest BCUT2D eigenvalue weighted by Crippen LogP contribution is 2.21. The molecule has 1 aromatic rings. The predicted molar refractivity (Wildman–Crippen MR) is 38.5 cm³/mol. The van der Waals surface area contributed by atoms with Crippen molar-refractivity contribution in [1.82, 2.24) is 4.98 Å². The molecule has 68 valence electrons. The maximum Gasteiger partial charge on any atom is 0.268 e. The number of hydrogen-bond donors (Lipinski definition) is 0. The third kappa shape index (κ3) is 2.18. The van der Waals surface area contributed by atoms with Crippen molar-refractivity contribution in [3.05, 3.63) is 29.3 Å². The second-order valence-corrected chi connectivity index (χ2v) is 2.33. The van der Waals surface area contributed by atoms with E-state index in [1.807, 2.05) is 0 Å². The Morgan fingerprint density at radius 2 is 2.23 bits per heavy atom. The largest absolute Gasteiger partial charge is 0.268 e. The Labute approximate surface area is 72.6 Å². The number of alkyl halides is 2. The first kappa shape index (κ1) is 9.52. The lowest BCUT2D eigenvalue weighted by molar-refractivity contribution is 0.146. The molecule has 0 amide bonds. The molecule has 0 atom stereocenters. The Morgan fingerprint density at radius 1 is 1.54 bits per heavy atom. The van der Waals surface area contributed by atoms with Gasteiger partial charge in [-0.15, -0.1) is 0 Å². The van der Waals surface area contributed by atoms with Crippen molar-refractivity contribution in [3.63, 3.8) is 0 Å². The highest BCUT2D eigenvalue weighted by molar-refractivity contribution is 5.19. The second kappa shape index (κ2) is 3.90. The van der Waals surface area contributed by atoms with Crippen LogP contribution in [0.15, 0.2) is 12.3 Å². The molecule has 0 unspecified atom stereocenters. The van der Waals surface area contributed by atoms with Crippen LogP contribution in [0.4, 0.5) is 13.2 Å². The van der Waals surface area contributed by atoms with Crippen molar-refractivity contribution < 1.29 is 13.2 Å². The molecule has 1 heterocycles. The van der Waals surface area contributed by atoms with E-state index in [1.54, 1.807) is 6.07 Å². The molecule has 0 spiro atoms. The summed E-state index contributed by atoms with van der Waals surface area (Å²) in [5.74, 6) is -1.02. The van der Waals surface area contributed by atoms with Crippen molar-refractivity contribution in [3.8, 4) is 6.07 Å². The van der Waals surface area contributed by atoms with Crippen molar-refractivity contribution >= 4 is 0 Å². The third-order valence-corrected chi connectivity index (χ3v) is 1.43. The van der Waals surface area contributed by atoms with Gasteiger partial charge in [-0.2, -0.15) is 5.26 Å². The van der Waals surface area contributed by atoms with E-state index < -0.39 is 17.8 Å². The molecule has 2 nitrogen and oxygen atoms in total. The molecule has 0 radical (unpaired) electrons.